The molecule has 1 aromatic heterocycles. The van der Waals surface area contributed by atoms with Gasteiger partial charge in [-0.25, -0.2) is 0 Å². The predicted octanol–water partition coefficient (Wildman–Crippen LogP) is 3.20. The lowest BCUT2D eigenvalue weighted by Crippen LogP contribution is -2.20. The van der Waals surface area contributed by atoms with Crippen LogP contribution in [0.2, 0.25) is 0 Å². The second-order valence-corrected chi connectivity index (χ2v) is 5.12. The number of rotatable bonds is 4. The SMILES string of the molecule is Cc1n[nH]c(C)c1NC(=O)COc1cccc2ccccc12. The molecular weight excluding hydrogens is 278 g/mol. The molecule has 3 aromatic rings. The van der Waals surface area contributed by atoms with Crippen molar-refractivity contribution in [3.8, 4) is 5.75 Å². The lowest BCUT2D eigenvalue weighted by atomic mass is 10.1. The van der Waals surface area contributed by atoms with E-state index in [4.69, 9.17) is 4.74 Å². The summed E-state index contributed by atoms with van der Waals surface area (Å²) < 4.78 is 5.67. The molecule has 1 heterocycles. The Balaban J connectivity index is 1.70. The van der Waals surface area contributed by atoms with Gasteiger partial charge in [-0.1, -0.05) is 36.4 Å². The molecule has 0 spiro atoms. The summed E-state index contributed by atoms with van der Waals surface area (Å²) in [5.74, 6) is 0.495. The zero-order valence-corrected chi connectivity index (χ0v) is 12.5. The van der Waals surface area contributed by atoms with Gasteiger partial charge in [0.25, 0.3) is 5.91 Å². The number of hydrogen-bond donors (Lipinski definition) is 2. The van der Waals surface area contributed by atoms with Gasteiger partial charge in [-0.05, 0) is 25.3 Å². The Kier molecular flexibility index (Phi) is 3.78. The number of carbonyl (C=O) groups is 1. The number of H-pyrrole nitrogens is 1. The number of aromatic nitrogens is 2. The Hall–Kier alpha value is -2.82. The van der Waals surface area contributed by atoms with Gasteiger partial charge in [0.15, 0.2) is 6.61 Å². The van der Waals surface area contributed by atoms with Gasteiger partial charge in [-0.2, -0.15) is 5.10 Å². The Bertz CT molecular complexity index is 799. The second-order valence-electron chi connectivity index (χ2n) is 5.12. The number of aromatic amines is 1. The lowest BCUT2D eigenvalue weighted by Gasteiger charge is -2.10. The van der Waals surface area contributed by atoms with E-state index in [1.54, 1.807) is 0 Å². The number of nitrogens with one attached hydrogen (secondary N) is 2. The van der Waals surface area contributed by atoms with E-state index in [9.17, 15) is 4.79 Å². The highest BCUT2D eigenvalue weighted by atomic mass is 16.5. The molecule has 3 rings (SSSR count). The summed E-state index contributed by atoms with van der Waals surface area (Å²) >= 11 is 0. The minimum absolute atomic E-state index is 0.0436. The van der Waals surface area contributed by atoms with Crippen LogP contribution in [0.4, 0.5) is 5.69 Å². The smallest absolute Gasteiger partial charge is 0.262 e. The third-order valence-electron chi connectivity index (χ3n) is 3.50. The van der Waals surface area contributed by atoms with Crippen LogP contribution in [-0.4, -0.2) is 22.7 Å². The molecule has 5 nitrogen and oxygen atoms in total. The highest BCUT2D eigenvalue weighted by molar-refractivity contribution is 5.93. The van der Waals surface area contributed by atoms with Crippen molar-refractivity contribution in [1.82, 2.24) is 10.2 Å². The predicted molar refractivity (Wildman–Crippen MR) is 86.1 cm³/mol. The minimum atomic E-state index is -0.208. The van der Waals surface area contributed by atoms with Crippen LogP contribution in [0.3, 0.4) is 0 Å². The van der Waals surface area contributed by atoms with Crippen molar-refractivity contribution >= 4 is 22.4 Å². The molecule has 0 radical (unpaired) electrons. The summed E-state index contributed by atoms with van der Waals surface area (Å²) in [7, 11) is 0. The van der Waals surface area contributed by atoms with Crippen molar-refractivity contribution in [3.05, 3.63) is 53.9 Å². The molecule has 0 bridgehead atoms. The highest BCUT2D eigenvalue weighted by Gasteiger charge is 2.11. The normalized spacial score (nSPS) is 10.6. The fourth-order valence-electron chi connectivity index (χ4n) is 2.38. The van der Waals surface area contributed by atoms with Gasteiger partial charge in [0.1, 0.15) is 5.75 Å². The standard InChI is InChI=1S/C17H17N3O2/c1-11-17(12(2)20-19-11)18-16(21)10-22-15-9-5-7-13-6-3-4-8-14(13)15/h3-9H,10H2,1-2H3,(H,18,21)(H,19,20). The first-order valence-electron chi connectivity index (χ1n) is 7.07. The summed E-state index contributed by atoms with van der Waals surface area (Å²) in [6.07, 6.45) is 0. The topological polar surface area (TPSA) is 67.0 Å². The molecule has 0 saturated carbocycles. The molecule has 2 aromatic carbocycles. The van der Waals surface area contributed by atoms with Crippen molar-refractivity contribution in [2.24, 2.45) is 0 Å². The third-order valence-corrected chi connectivity index (χ3v) is 3.50. The molecule has 0 fully saturated rings. The Morgan fingerprint density at radius 2 is 1.95 bits per heavy atom. The van der Waals surface area contributed by atoms with Gasteiger partial charge < -0.3 is 10.1 Å². The molecule has 2 N–H and O–H groups in total. The maximum absolute atomic E-state index is 12.0. The van der Waals surface area contributed by atoms with Crippen LogP contribution in [0.1, 0.15) is 11.4 Å². The van der Waals surface area contributed by atoms with Crippen molar-refractivity contribution in [1.29, 1.82) is 0 Å². The molecule has 5 heteroatoms. The molecule has 0 saturated heterocycles. The van der Waals surface area contributed by atoms with Gasteiger partial charge in [-0.15, -0.1) is 0 Å². The molecule has 0 aliphatic heterocycles. The van der Waals surface area contributed by atoms with Gasteiger partial charge in [0, 0.05) is 5.39 Å². The number of nitrogens with zero attached hydrogens (tertiary/aromatic N) is 1. The number of benzene rings is 2. The van der Waals surface area contributed by atoms with Crippen LogP contribution < -0.4 is 10.1 Å². The Morgan fingerprint density at radius 3 is 2.73 bits per heavy atom. The summed E-state index contributed by atoms with van der Waals surface area (Å²) in [6.45, 7) is 3.66. The van der Waals surface area contributed by atoms with Crippen LogP contribution in [0, 0.1) is 13.8 Å². The van der Waals surface area contributed by atoms with Crippen LogP contribution >= 0.6 is 0 Å². The zero-order chi connectivity index (χ0) is 15.5. The molecule has 0 aliphatic carbocycles. The summed E-state index contributed by atoms with van der Waals surface area (Å²) in [6, 6.07) is 13.7. The van der Waals surface area contributed by atoms with E-state index in [2.05, 4.69) is 15.5 Å². The first-order valence-corrected chi connectivity index (χ1v) is 7.07. The number of amides is 1. The number of anilines is 1. The van der Waals surface area contributed by atoms with Crippen LogP contribution in [0.25, 0.3) is 10.8 Å². The van der Waals surface area contributed by atoms with E-state index >= 15 is 0 Å². The number of ether oxygens (including phenoxy) is 1. The average Bonchev–Trinajstić information content (AvgIpc) is 2.85. The highest BCUT2D eigenvalue weighted by Crippen LogP contribution is 2.25. The maximum Gasteiger partial charge on any atom is 0.262 e. The van der Waals surface area contributed by atoms with E-state index in [1.807, 2.05) is 56.3 Å². The van der Waals surface area contributed by atoms with Crippen molar-refractivity contribution in [3.63, 3.8) is 0 Å². The first-order chi connectivity index (χ1) is 10.6. The van der Waals surface area contributed by atoms with Crippen LogP contribution in [-0.2, 0) is 4.79 Å². The molecule has 1 amide bonds. The van der Waals surface area contributed by atoms with Crippen molar-refractivity contribution in [2.45, 2.75) is 13.8 Å². The monoisotopic (exact) mass is 295 g/mol. The third kappa shape index (κ3) is 2.79. The Morgan fingerprint density at radius 1 is 1.18 bits per heavy atom. The van der Waals surface area contributed by atoms with Crippen molar-refractivity contribution in [2.75, 3.05) is 11.9 Å². The van der Waals surface area contributed by atoms with E-state index in [-0.39, 0.29) is 12.5 Å². The van der Waals surface area contributed by atoms with Gasteiger partial charge >= 0.3 is 0 Å². The van der Waals surface area contributed by atoms with E-state index < -0.39 is 0 Å². The van der Waals surface area contributed by atoms with E-state index in [1.165, 1.54) is 0 Å². The van der Waals surface area contributed by atoms with Gasteiger partial charge in [0.05, 0.1) is 17.1 Å². The number of carbonyl (C=O) groups excluding carboxylic acids is 1. The number of fused-ring (bicyclic) bond motifs is 1. The van der Waals surface area contributed by atoms with E-state index in [0.717, 1.165) is 22.2 Å². The largest absolute Gasteiger partial charge is 0.483 e. The molecule has 22 heavy (non-hydrogen) atoms. The molecule has 0 unspecified atom stereocenters. The number of hydrogen-bond acceptors (Lipinski definition) is 3. The Labute approximate surface area is 128 Å². The first kappa shape index (κ1) is 14.1. The van der Waals surface area contributed by atoms with Gasteiger partial charge in [0.2, 0.25) is 0 Å². The quantitative estimate of drug-likeness (QED) is 0.776. The van der Waals surface area contributed by atoms with Crippen molar-refractivity contribution < 1.29 is 9.53 Å². The fraction of sp³-hybridized carbons (Fsp3) is 0.176. The zero-order valence-electron chi connectivity index (χ0n) is 12.5. The lowest BCUT2D eigenvalue weighted by molar-refractivity contribution is -0.118. The number of aryl methyl sites for hydroxylation is 2. The summed E-state index contributed by atoms with van der Waals surface area (Å²) in [5.41, 5.74) is 2.30. The maximum atomic E-state index is 12.0. The summed E-state index contributed by atoms with van der Waals surface area (Å²) in [4.78, 5) is 12.0. The fourth-order valence-corrected chi connectivity index (χ4v) is 2.38. The molecular formula is C17H17N3O2. The van der Waals surface area contributed by atoms with Gasteiger partial charge in [-0.3, -0.25) is 9.89 Å². The molecule has 0 atom stereocenters. The molecule has 0 aliphatic rings. The van der Waals surface area contributed by atoms with Crippen LogP contribution in [0.5, 0.6) is 5.75 Å². The van der Waals surface area contributed by atoms with E-state index in [0.29, 0.717) is 11.4 Å². The second kappa shape index (κ2) is 5.89. The average molecular weight is 295 g/mol. The minimum Gasteiger partial charge on any atom is -0.483 e. The summed E-state index contributed by atoms with van der Waals surface area (Å²) in [5, 5.41) is 11.8. The van der Waals surface area contributed by atoms with Crippen LogP contribution in [0.15, 0.2) is 42.5 Å². The molecule has 112 valence electrons.